The summed E-state index contributed by atoms with van der Waals surface area (Å²) in [6.45, 7) is 4.81. The van der Waals surface area contributed by atoms with Gasteiger partial charge in [-0.3, -0.25) is 0 Å². The van der Waals surface area contributed by atoms with Crippen LogP contribution in [0.5, 0.6) is 0 Å². The quantitative estimate of drug-likeness (QED) is 0.148. The number of anilines is 3. The summed E-state index contributed by atoms with van der Waals surface area (Å²) in [6, 6.07) is 101. The molecule has 12 aromatic carbocycles. The molecule has 15 rings (SSSR count). The maximum atomic E-state index is 2.48. The molecule has 0 unspecified atom stereocenters. The maximum Gasteiger partial charge on any atom is 0.0542 e. The zero-order valence-electron chi connectivity index (χ0n) is 42.3. The van der Waals surface area contributed by atoms with Crippen LogP contribution >= 0.6 is 0 Å². The van der Waals surface area contributed by atoms with Gasteiger partial charge in [-0.05, 0) is 141 Å². The minimum Gasteiger partial charge on any atom is -0.310 e. The first-order valence-electron chi connectivity index (χ1n) is 26.4. The number of aromatic nitrogens is 2. The summed E-state index contributed by atoms with van der Waals surface area (Å²) >= 11 is 0. The van der Waals surface area contributed by atoms with Crippen LogP contribution in [-0.2, 0) is 5.41 Å². The lowest BCUT2D eigenvalue weighted by atomic mass is 9.81. The van der Waals surface area contributed by atoms with Crippen molar-refractivity contribution in [1.82, 2.24) is 9.13 Å². The third kappa shape index (κ3) is 6.82. The van der Waals surface area contributed by atoms with Gasteiger partial charge in [0.15, 0.2) is 0 Å². The Kier molecular flexibility index (Phi) is 9.92. The standard InChI is InChI=1S/C73H51N3/c1-73(2)65-46-53(52-36-42-72-64(45-52)63-25-13-14-26-67(63)75(72)54-19-7-4-8-20-54)35-40-57(65)58-41-39-56(47-66(58)73)74(55-37-33-51(34-38-55)50-31-29-49(30-32-50)48-17-5-3-6-18-48)70-43-44-71(62-22-10-9-21-61(62)70)76-68-27-15-11-23-59(68)60-24-12-16-28-69(60)76/h3-47H,1-2H3. The molecule has 0 fully saturated rings. The molecule has 0 saturated heterocycles. The fourth-order valence-corrected chi connectivity index (χ4v) is 12.6. The second-order valence-electron chi connectivity index (χ2n) is 20.9. The van der Waals surface area contributed by atoms with Crippen LogP contribution in [0.25, 0.3) is 110 Å². The third-order valence-electron chi connectivity index (χ3n) is 16.3. The van der Waals surface area contributed by atoms with E-state index >= 15 is 0 Å². The van der Waals surface area contributed by atoms with Crippen LogP contribution in [0.4, 0.5) is 17.1 Å². The number of para-hydroxylation sites is 4. The minimum atomic E-state index is -0.270. The minimum absolute atomic E-state index is 0.270. The molecule has 0 spiro atoms. The van der Waals surface area contributed by atoms with Gasteiger partial charge >= 0.3 is 0 Å². The monoisotopic (exact) mass is 969 g/mol. The highest BCUT2D eigenvalue weighted by Gasteiger charge is 2.37. The van der Waals surface area contributed by atoms with Gasteiger partial charge in [0.1, 0.15) is 0 Å². The Morgan fingerprint density at radius 1 is 0.289 bits per heavy atom. The topological polar surface area (TPSA) is 13.1 Å². The van der Waals surface area contributed by atoms with Gasteiger partial charge < -0.3 is 14.0 Å². The molecule has 0 amide bonds. The molecule has 0 N–H and O–H groups in total. The normalized spacial score (nSPS) is 12.7. The summed E-state index contributed by atoms with van der Waals surface area (Å²) in [5.74, 6) is 0. The van der Waals surface area contributed by atoms with Crippen LogP contribution in [0.15, 0.2) is 273 Å². The Labute approximate surface area is 442 Å². The van der Waals surface area contributed by atoms with Crippen LogP contribution in [0.1, 0.15) is 25.0 Å². The van der Waals surface area contributed by atoms with E-state index in [0.717, 1.165) is 22.7 Å². The van der Waals surface area contributed by atoms with E-state index in [1.807, 2.05) is 0 Å². The Hall–Kier alpha value is -9.70. The van der Waals surface area contributed by atoms with Crippen molar-refractivity contribution < 1.29 is 0 Å². The first-order valence-corrected chi connectivity index (χ1v) is 26.4. The molecule has 2 aromatic heterocycles. The molecule has 0 radical (unpaired) electrons. The van der Waals surface area contributed by atoms with Gasteiger partial charge in [0.2, 0.25) is 0 Å². The van der Waals surface area contributed by atoms with Crippen LogP contribution in [-0.4, -0.2) is 9.13 Å². The Morgan fingerprint density at radius 2 is 0.724 bits per heavy atom. The van der Waals surface area contributed by atoms with E-state index in [4.69, 9.17) is 0 Å². The first kappa shape index (κ1) is 43.8. The fourth-order valence-electron chi connectivity index (χ4n) is 12.6. The summed E-state index contributed by atoms with van der Waals surface area (Å²) < 4.78 is 4.84. The summed E-state index contributed by atoms with van der Waals surface area (Å²) in [5.41, 5.74) is 22.7. The molecule has 0 atom stereocenters. The van der Waals surface area contributed by atoms with Gasteiger partial charge in [-0.2, -0.15) is 0 Å². The molecule has 0 aliphatic heterocycles. The van der Waals surface area contributed by atoms with E-state index in [9.17, 15) is 0 Å². The molecule has 0 bridgehead atoms. The third-order valence-corrected chi connectivity index (χ3v) is 16.3. The smallest absolute Gasteiger partial charge is 0.0542 e. The lowest BCUT2D eigenvalue weighted by molar-refractivity contribution is 0.660. The molecule has 14 aromatic rings. The van der Waals surface area contributed by atoms with Gasteiger partial charge in [-0.1, -0.05) is 202 Å². The second kappa shape index (κ2) is 17.2. The predicted molar refractivity (Wildman–Crippen MR) is 321 cm³/mol. The highest BCUT2D eigenvalue weighted by atomic mass is 15.1. The van der Waals surface area contributed by atoms with Gasteiger partial charge in [0.25, 0.3) is 0 Å². The molecular weight excluding hydrogens is 919 g/mol. The molecule has 76 heavy (non-hydrogen) atoms. The zero-order chi connectivity index (χ0) is 50.5. The van der Waals surface area contributed by atoms with Gasteiger partial charge in [0, 0.05) is 54.8 Å². The molecular formula is C73H51N3. The molecule has 1 aliphatic carbocycles. The van der Waals surface area contributed by atoms with Crippen molar-refractivity contribution in [3.8, 4) is 55.9 Å². The molecule has 3 heteroatoms. The number of hydrogen-bond donors (Lipinski definition) is 0. The van der Waals surface area contributed by atoms with Crippen molar-refractivity contribution in [3.63, 3.8) is 0 Å². The fraction of sp³-hybridized carbons (Fsp3) is 0.0411. The molecule has 1 aliphatic rings. The number of benzene rings is 12. The Balaban J connectivity index is 0.853. The van der Waals surface area contributed by atoms with E-state index < -0.39 is 0 Å². The number of fused-ring (bicyclic) bond motifs is 10. The average molecular weight is 970 g/mol. The van der Waals surface area contributed by atoms with Crippen LogP contribution < -0.4 is 4.90 Å². The van der Waals surface area contributed by atoms with E-state index in [1.165, 1.54) is 116 Å². The van der Waals surface area contributed by atoms with Crippen LogP contribution in [0.2, 0.25) is 0 Å². The SMILES string of the molecule is CC1(C)c2cc(-c3ccc4c(c3)c3ccccc3n4-c3ccccc3)ccc2-c2ccc(N(c3ccc(-c4ccc(-c5ccccc5)cc4)cc3)c3ccc(-n4c5ccccc5c5ccccc54)c4ccccc34)cc21. The van der Waals surface area contributed by atoms with Gasteiger partial charge in [-0.15, -0.1) is 0 Å². The van der Waals surface area contributed by atoms with E-state index in [-0.39, 0.29) is 5.41 Å². The molecule has 358 valence electrons. The van der Waals surface area contributed by atoms with E-state index in [1.54, 1.807) is 0 Å². The van der Waals surface area contributed by atoms with Crippen LogP contribution in [0.3, 0.4) is 0 Å². The summed E-state index contributed by atoms with van der Waals surface area (Å²) in [7, 11) is 0. The van der Waals surface area contributed by atoms with Gasteiger partial charge in [-0.25, -0.2) is 0 Å². The van der Waals surface area contributed by atoms with E-state index in [2.05, 4.69) is 301 Å². The second-order valence-corrected chi connectivity index (χ2v) is 20.9. The Bertz CT molecular complexity index is 4520. The zero-order valence-corrected chi connectivity index (χ0v) is 42.3. The van der Waals surface area contributed by atoms with Crippen molar-refractivity contribution >= 4 is 71.4 Å². The predicted octanol–water partition coefficient (Wildman–Crippen LogP) is 19.8. The average Bonchev–Trinajstić information content (AvgIpc) is 4.14. The van der Waals surface area contributed by atoms with Crippen molar-refractivity contribution in [2.75, 3.05) is 4.90 Å². The van der Waals surface area contributed by atoms with E-state index in [0.29, 0.717) is 0 Å². The first-order chi connectivity index (χ1) is 37.5. The largest absolute Gasteiger partial charge is 0.310 e. The lowest BCUT2D eigenvalue weighted by Gasteiger charge is -2.30. The number of hydrogen-bond acceptors (Lipinski definition) is 1. The van der Waals surface area contributed by atoms with Crippen molar-refractivity contribution in [3.05, 3.63) is 284 Å². The molecule has 0 saturated carbocycles. The van der Waals surface area contributed by atoms with Crippen molar-refractivity contribution in [1.29, 1.82) is 0 Å². The number of rotatable bonds is 8. The van der Waals surface area contributed by atoms with Crippen LogP contribution in [0, 0.1) is 0 Å². The molecule has 3 nitrogen and oxygen atoms in total. The Morgan fingerprint density at radius 3 is 1.37 bits per heavy atom. The number of nitrogens with zero attached hydrogens (tertiary/aromatic N) is 3. The summed E-state index contributed by atoms with van der Waals surface area (Å²) in [5, 5.41) is 7.40. The molecule has 2 heterocycles. The van der Waals surface area contributed by atoms with Crippen molar-refractivity contribution in [2.45, 2.75) is 19.3 Å². The summed E-state index contributed by atoms with van der Waals surface area (Å²) in [4.78, 5) is 2.48. The highest BCUT2D eigenvalue weighted by molar-refractivity contribution is 6.13. The lowest BCUT2D eigenvalue weighted by Crippen LogP contribution is -2.17. The summed E-state index contributed by atoms with van der Waals surface area (Å²) in [6.07, 6.45) is 0. The van der Waals surface area contributed by atoms with Crippen molar-refractivity contribution in [2.24, 2.45) is 0 Å². The van der Waals surface area contributed by atoms with Gasteiger partial charge in [0.05, 0.1) is 33.4 Å². The highest BCUT2D eigenvalue weighted by Crippen LogP contribution is 2.53. The maximum absolute atomic E-state index is 2.48.